The number of furan rings is 1. The van der Waals surface area contributed by atoms with E-state index >= 15 is 0 Å². The minimum Gasteiger partial charge on any atom is -0.462 e. The molecule has 0 aliphatic carbocycles. The summed E-state index contributed by atoms with van der Waals surface area (Å²) in [5.74, 6) is 2.48. The van der Waals surface area contributed by atoms with E-state index in [0.717, 1.165) is 43.4 Å². The van der Waals surface area contributed by atoms with Crippen molar-refractivity contribution in [3.8, 4) is 10.6 Å². The van der Waals surface area contributed by atoms with Gasteiger partial charge in [-0.25, -0.2) is 9.97 Å². The van der Waals surface area contributed by atoms with Crippen LogP contribution in [0.2, 0.25) is 0 Å². The zero-order valence-electron chi connectivity index (χ0n) is 17.1. The first kappa shape index (κ1) is 18.9. The van der Waals surface area contributed by atoms with Crippen molar-refractivity contribution in [3.05, 3.63) is 90.6 Å². The Morgan fingerprint density at radius 2 is 1.81 bits per heavy atom. The van der Waals surface area contributed by atoms with Crippen LogP contribution < -0.4 is 4.90 Å². The maximum absolute atomic E-state index is 6.09. The van der Waals surface area contributed by atoms with E-state index in [1.54, 1.807) is 23.9 Å². The number of fused-ring (bicyclic) bond motifs is 2. The topological polar surface area (TPSA) is 60.6 Å². The van der Waals surface area contributed by atoms with Crippen molar-refractivity contribution in [2.24, 2.45) is 0 Å². The Kier molecular flexibility index (Phi) is 4.73. The van der Waals surface area contributed by atoms with Gasteiger partial charge in [0.25, 0.3) is 0 Å². The molecule has 6 nitrogen and oxygen atoms in total. The van der Waals surface area contributed by atoms with Crippen LogP contribution >= 0.6 is 11.3 Å². The van der Waals surface area contributed by atoms with E-state index in [9.17, 15) is 0 Å². The average Bonchev–Trinajstić information content (AvgIpc) is 3.57. The molecule has 0 saturated heterocycles. The molecule has 1 aliphatic rings. The first-order chi connectivity index (χ1) is 15.8. The number of benzene rings is 2. The van der Waals surface area contributed by atoms with Gasteiger partial charge in [0.1, 0.15) is 23.9 Å². The number of nitrogens with zero attached hydrogens (tertiary/aromatic N) is 3. The molecule has 2 aromatic carbocycles. The number of hydrogen-bond donors (Lipinski definition) is 0. The third-order valence-electron chi connectivity index (χ3n) is 5.35. The lowest BCUT2D eigenvalue weighted by molar-refractivity contribution is 0.0797. The molecule has 6 rings (SSSR count). The van der Waals surface area contributed by atoms with Crippen LogP contribution in [0.4, 0.5) is 5.82 Å². The number of anilines is 1. The lowest BCUT2D eigenvalue weighted by atomic mass is 10.2. The number of para-hydroxylation sites is 1. The quantitative estimate of drug-likeness (QED) is 0.324. The van der Waals surface area contributed by atoms with E-state index < -0.39 is 0 Å². The molecule has 7 heteroatoms. The highest BCUT2D eigenvalue weighted by Crippen LogP contribution is 2.39. The van der Waals surface area contributed by atoms with Crippen molar-refractivity contribution in [1.82, 2.24) is 9.97 Å². The highest BCUT2D eigenvalue weighted by molar-refractivity contribution is 7.22. The number of rotatable bonds is 6. The van der Waals surface area contributed by atoms with Crippen molar-refractivity contribution in [3.63, 3.8) is 0 Å². The zero-order chi connectivity index (χ0) is 21.3. The summed E-state index contributed by atoms with van der Waals surface area (Å²) in [5, 5.41) is 1.09. The van der Waals surface area contributed by atoms with Gasteiger partial charge in [-0.1, -0.05) is 48.5 Å². The predicted octanol–water partition coefficient (Wildman–Crippen LogP) is 5.96. The molecule has 1 aliphatic heterocycles. The van der Waals surface area contributed by atoms with Gasteiger partial charge in [0.15, 0.2) is 11.6 Å². The summed E-state index contributed by atoms with van der Waals surface area (Å²) in [6.07, 6.45) is 3.29. The Morgan fingerprint density at radius 1 is 0.938 bits per heavy atom. The van der Waals surface area contributed by atoms with E-state index in [1.807, 2.05) is 36.4 Å². The van der Waals surface area contributed by atoms with Crippen molar-refractivity contribution in [2.75, 3.05) is 18.2 Å². The molecule has 0 bridgehead atoms. The summed E-state index contributed by atoms with van der Waals surface area (Å²) >= 11 is 1.64. The molecule has 158 valence electrons. The molecular weight excluding hydrogens is 422 g/mol. The van der Waals surface area contributed by atoms with Crippen LogP contribution in [-0.2, 0) is 16.0 Å². The molecule has 0 amide bonds. The van der Waals surface area contributed by atoms with Crippen molar-refractivity contribution in [2.45, 2.75) is 6.54 Å². The Balaban J connectivity index is 1.42. The fraction of sp³-hybridized carbons (Fsp3) is 0.120. The predicted molar refractivity (Wildman–Crippen MR) is 125 cm³/mol. The summed E-state index contributed by atoms with van der Waals surface area (Å²) in [7, 11) is 0. The molecule has 0 saturated carbocycles. The second kappa shape index (κ2) is 8.01. The summed E-state index contributed by atoms with van der Waals surface area (Å²) in [6, 6.07) is 22.5. The van der Waals surface area contributed by atoms with E-state index in [1.165, 1.54) is 5.56 Å². The molecule has 4 heterocycles. The van der Waals surface area contributed by atoms with Gasteiger partial charge in [0.2, 0.25) is 6.79 Å². The Bertz CT molecular complexity index is 1390. The number of hydrogen-bond acceptors (Lipinski definition) is 7. The van der Waals surface area contributed by atoms with E-state index in [2.05, 4.69) is 45.2 Å². The molecule has 5 aromatic rings. The van der Waals surface area contributed by atoms with Gasteiger partial charge in [-0.3, -0.25) is 0 Å². The second-order valence-corrected chi connectivity index (χ2v) is 8.58. The molecular formula is C25H19N3O3S. The number of thiophene rings is 1. The van der Waals surface area contributed by atoms with Crippen molar-refractivity contribution in [1.29, 1.82) is 0 Å². The molecule has 0 fully saturated rings. The molecule has 0 N–H and O–H groups in total. The summed E-state index contributed by atoms with van der Waals surface area (Å²) in [6.45, 7) is 1.49. The maximum Gasteiger partial charge on any atom is 0.229 e. The molecule has 0 spiro atoms. The van der Waals surface area contributed by atoms with E-state index in [-0.39, 0.29) is 6.79 Å². The molecule has 0 atom stereocenters. The van der Waals surface area contributed by atoms with E-state index in [0.29, 0.717) is 13.1 Å². The molecule has 3 aromatic heterocycles. The summed E-state index contributed by atoms with van der Waals surface area (Å²) < 4.78 is 18.0. The largest absolute Gasteiger partial charge is 0.462 e. The average molecular weight is 442 g/mol. The third kappa shape index (κ3) is 3.56. The van der Waals surface area contributed by atoms with Crippen LogP contribution in [0.1, 0.15) is 5.56 Å². The maximum atomic E-state index is 6.09. The lowest BCUT2D eigenvalue weighted by Crippen LogP contribution is -2.26. The Labute approximate surface area is 188 Å². The first-order valence-corrected chi connectivity index (χ1v) is 11.1. The number of aromatic nitrogens is 2. The van der Waals surface area contributed by atoms with Crippen LogP contribution in [0.3, 0.4) is 0 Å². The second-order valence-electron chi connectivity index (χ2n) is 7.53. The van der Waals surface area contributed by atoms with Crippen molar-refractivity contribution >= 4 is 38.3 Å². The van der Waals surface area contributed by atoms with Gasteiger partial charge < -0.3 is 18.8 Å². The highest BCUT2D eigenvalue weighted by atomic mass is 32.1. The molecule has 0 radical (unpaired) electrons. The molecule has 32 heavy (non-hydrogen) atoms. The summed E-state index contributed by atoms with van der Waals surface area (Å²) in [5.41, 5.74) is 2.96. The van der Waals surface area contributed by atoms with Crippen LogP contribution in [0.25, 0.3) is 31.8 Å². The molecule has 0 unspecified atom stereocenters. The van der Waals surface area contributed by atoms with Crippen LogP contribution in [0.15, 0.2) is 89.5 Å². The first-order valence-electron chi connectivity index (χ1n) is 10.3. The number of ether oxygens (including phenoxy) is 2. The van der Waals surface area contributed by atoms with Gasteiger partial charge in [-0.15, -0.1) is 11.3 Å². The fourth-order valence-electron chi connectivity index (χ4n) is 3.84. The van der Waals surface area contributed by atoms with Gasteiger partial charge in [-0.05, 0) is 23.8 Å². The smallest absolute Gasteiger partial charge is 0.229 e. The minimum atomic E-state index is 0.253. The lowest BCUT2D eigenvalue weighted by Gasteiger charge is -2.24. The van der Waals surface area contributed by atoms with Crippen LogP contribution in [-0.4, -0.2) is 23.3 Å². The van der Waals surface area contributed by atoms with Gasteiger partial charge in [0.05, 0.1) is 21.6 Å². The third-order valence-corrected chi connectivity index (χ3v) is 6.49. The van der Waals surface area contributed by atoms with Gasteiger partial charge in [0, 0.05) is 11.9 Å². The van der Waals surface area contributed by atoms with Crippen molar-refractivity contribution < 1.29 is 13.9 Å². The summed E-state index contributed by atoms with van der Waals surface area (Å²) in [4.78, 5) is 12.4. The normalized spacial score (nSPS) is 13.2. The fourth-order valence-corrected chi connectivity index (χ4v) is 4.92. The monoisotopic (exact) mass is 441 g/mol. The minimum absolute atomic E-state index is 0.253. The standard InChI is InChI=1S/C25H19N3O3S/c1-2-6-17(7-3-1)12-28(13-19-14-29-16-30-19)25-24-20(26-15-27-25)11-23(32-24)22-10-18-8-4-5-9-21(18)31-22/h1-11,14-15H,12-13,16H2. The van der Waals surface area contributed by atoms with Gasteiger partial charge in [-0.2, -0.15) is 0 Å². The van der Waals surface area contributed by atoms with E-state index in [4.69, 9.17) is 13.9 Å². The van der Waals surface area contributed by atoms with Crippen LogP contribution in [0, 0.1) is 0 Å². The van der Waals surface area contributed by atoms with Crippen LogP contribution in [0.5, 0.6) is 0 Å². The SMILES string of the molecule is C1=C(CN(Cc2ccccc2)c2ncnc3cc(-c4cc5ccccc5o4)sc23)OCO1. The zero-order valence-corrected chi connectivity index (χ0v) is 17.9. The Morgan fingerprint density at radius 3 is 2.66 bits per heavy atom. The van der Waals surface area contributed by atoms with Gasteiger partial charge >= 0.3 is 0 Å². The Hall–Kier alpha value is -3.84. The highest BCUT2D eigenvalue weighted by Gasteiger charge is 2.20.